The van der Waals surface area contributed by atoms with Gasteiger partial charge in [-0.15, -0.1) is 11.3 Å². The molecule has 1 aromatic carbocycles. The number of carbonyl (C=O) groups is 1. The molecule has 10 heteroatoms. The molecule has 2 rings (SSSR count). The van der Waals surface area contributed by atoms with E-state index in [0.717, 1.165) is 17.6 Å². The average Bonchev–Trinajstić information content (AvgIpc) is 2.82. The summed E-state index contributed by atoms with van der Waals surface area (Å²) in [6.07, 6.45) is 0. The summed E-state index contributed by atoms with van der Waals surface area (Å²) in [6.45, 7) is 0. The van der Waals surface area contributed by atoms with Gasteiger partial charge in [-0.1, -0.05) is 11.6 Å². The van der Waals surface area contributed by atoms with Gasteiger partial charge in [0.15, 0.2) is 9.90 Å². The van der Waals surface area contributed by atoms with E-state index in [1.54, 1.807) is 0 Å². The SMILES string of the molecule is O=C(O)c1ncsc1S(=O)(=O)Nc1ccc(Cl)cc1F. The van der Waals surface area contributed by atoms with Crippen molar-refractivity contribution < 1.29 is 22.7 Å². The Morgan fingerprint density at radius 3 is 2.75 bits per heavy atom. The zero-order valence-electron chi connectivity index (χ0n) is 9.50. The second kappa shape index (κ2) is 5.35. The van der Waals surface area contributed by atoms with E-state index in [4.69, 9.17) is 16.7 Å². The van der Waals surface area contributed by atoms with E-state index in [0.29, 0.717) is 11.3 Å². The van der Waals surface area contributed by atoms with E-state index in [9.17, 15) is 17.6 Å². The topological polar surface area (TPSA) is 96.4 Å². The normalized spacial score (nSPS) is 11.3. The fraction of sp³-hybridized carbons (Fsp3) is 0. The van der Waals surface area contributed by atoms with E-state index in [1.165, 1.54) is 6.07 Å². The number of anilines is 1. The third-order valence-corrected chi connectivity index (χ3v) is 5.13. The summed E-state index contributed by atoms with van der Waals surface area (Å²) in [5.41, 5.74) is 0.131. The minimum atomic E-state index is -4.24. The molecule has 20 heavy (non-hydrogen) atoms. The minimum Gasteiger partial charge on any atom is -0.476 e. The van der Waals surface area contributed by atoms with E-state index in [2.05, 4.69) is 4.98 Å². The number of halogens is 2. The van der Waals surface area contributed by atoms with Gasteiger partial charge >= 0.3 is 5.97 Å². The quantitative estimate of drug-likeness (QED) is 0.893. The Kier molecular flexibility index (Phi) is 3.93. The van der Waals surface area contributed by atoms with Crippen LogP contribution in [-0.4, -0.2) is 24.5 Å². The van der Waals surface area contributed by atoms with Crippen LogP contribution in [0.5, 0.6) is 0 Å². The molecule has 0 fully saturated rings. The predicted molar refractivity (Wildman–Crippen MR) is 71.3 cm³/mol. The molecule has 106 valence electrons. The Labute approximate surface area is 121 Å². The van der Waals surface area contributed by atoms with Crippen LogP contribution in [0.15, 0.2) is 27.9 Å². The molecule has 0 bridgehead atoms. The number of sulfonamides is 1. The van der Waals surface area contributed by atoms with Crippen LogP contribution < -0.4 is 4.72 Å². The molecule has 0 atom stereocenters. The van der Waals surface area contributed by atoms with Crippen molar-refractivity contribution in [2.75, 3.05) is 4.72 Å². The Morgan fingerprint density at radius 1 is 1.45 bits per heavy atom. The molecule has 0 unspecified atom stereocenters. The molecule has 0 saturated carbocycles. The van der Waals surface area contributed by atoms with Crippen molar-refractivity contribution in [2.45, 2.75) is 4.21 Å². The zero-order valence-corrected chi connectivity index (χ0v) is 11.9. The van der Waals surface area contributed by atoms with Crippen LogP contribution in [0.1, 0.15) is 10.5 Å². The first-order valence-corrected chi connectivity index (χ1v) is 7.70. The van der Waals surface area contributed by atoms with Crippen molar-refractivity contribution >= 4 is 44.6 Å². The molecule has 2 N–H and O–H groups in total. The second-order valence-electron chi connectivity index (χ2n) is 3.52. The van der Waals surface area contributed by atoms with Gasteiger partial charge in [-0.05, 0) is 18.2 Å². The highest BCUT2D eigenvalue weighted by atomic mass is 35.5. The van der Waals surface area contributed by atoms with Crippen LogP contribution in [0.25, 0.3) is 0 Å². The fourth-order valence-corrected chi connectivity index (χ4v) is 3.70. The van der Waals surface area contributed by atoms with Gasteiger partial charge < -0.3 is 5.11 Å². The lowest BCUT2D eigenvalue weighted by atomic mass is 10.3. The smallest absolute Gasteiger partial charge is 0.356 e. The van der Waals surface area contributed by atoms with Gasteiger partial charge in [-0.2, -0.15) is 0 Å². The zero-order chi connectivity index (χ0) is 14.9. The molecule has 2 aromatic rings. The number of thiazole rings is 1. The number of hydrogen-bond acceptors (Lipinski definition) is 5. The Morgan fingerprint density at radius 2 is 2.15 bits per heavy atom. The molecule has 0 radical (unpaired) electrons. The lowest BCUT2D eigenvalue weighted by Crippen LogP contribution is -2.16. The molecular formula is C10H6ClFN2O4S2. The summed E-state index contributed by atoms with van der Waals surface area (Å²) in [7, 11) is -4.24. The summed E-state index contributed by atoms with van der Waals surface area (Å²) >= 11 is 6.17. The van der Waals surface area contributed by atoms with Crippen LogP contribution >= 0.6 is 22.9 Å². The molecule has 1 heterocycles. The third-order valence-electron chi connectivity index (χ3n) is 2.16. The maximum atomic E-state index is 13.5. The highest BCUT2D eigenvalue weighted by Crippen LogP contribution is 2.25. The second-order valence-corrected chi connectivity index (χ2v) is 6.69. The lowest BCUT2D eigenvalue weighted by molar-refractivity contribution is 0.0687. The minimum absolute atomic E-state index is 0.106. The summed E-state index contributed by atoms with van der Waals surface area (Å²) in [4.78, 5) is 14.3. The van der Waals surface area contributed by atoms with Crippen molar-refractivity contribution in [3.05, 3.63) is 40.2 Å². The number of carboxylic acid groups (broad SMARTS) is 1. The van der Waals surface area contributed by atoms with Gasteiger partial charge in [0.2, 0.25) is 0 Å². The summed E-state index contributed by atoms with van der Waals surface area (Å²) in [5.74, 6) is -2.36. The summed E-state index contributed by atoms with van der Waals surface area (Å²) < 4.78 is 39.0. The monoisotopic (exact) mass is 336 g/mol. The van der Waals surface area contributed by atoms with Gasteiger partial charge in [0.1, 0.15) is 5.82 Å². The molecular weight excluding hydrogens is 331 g/mol. The first-order valence-electron chi connectivity index (χ1n) is 4.96. The summed E-state index contributed by atoms with van der Waals surface area (Å²) in [6, 6.07) is 3.37. The molecule has 0 spiro atoms. The van der Waals surface area contributed by atoms with E-state index in [-0.39, 0.29) is 10.7 Å². The third kappa shape index (κ3) is 2.89. The Bertz CT molecular complexity index is 775. The van der Waals surface area contributed by atoms with Gasteiger partial charge in [0.05, 0.1) is 11.2 Å². The largest absolute Gasteiger partial charge is 0.476 e. The van der Waals surface area contributed by atoms with Crippen molar-refractivity contribution in [1.82, 2.24) is 4.98 Å². The highest BCUT2D eigenvalue weighted by Gasteiger charge is 2.26. The van der Waals surface area contributed by atoms with Crippen molar-refractivity contribution in [3.8, 4) is 0 Å². The molecule has 0 aliphatic carbocycles. The van der Waals surface area contributed by atoms with E-state index >= 15 is 0 Å². The molecule has 1 aromatic heterocycles. The Balaban J connectivity index is 2.41. The maximum absolute atomic E-state index is 13.5. The molecule has 0 aliphatic heterocycles. The molecule has 0 saturated heterocycles. The van der Waals surface area contributed by atoms with E-state index in [1.807, 2.05) is 4.72 Å². The number of aromatic nitrogens is 1. The van der Waals surface area contributed by atoms with Crippen LogP contribution in [0.4, 0.5) is 10.1 Å². The van der Waals surface area contributed by atoms with E-state index < -0.39 is 31.7 Å². The van der Waals surface area contributed by atoms with Gasteiger partial charge in [0.25, 0.3) is 10.0 Å². The number of nitrogens with zero attached hydrogens (tertiary/aromatic N) is 1. The maximum Gasteiger partial charge on any atom is 0.356 e. The van der Waals surface area contributed by atoms with Crippen LogP contribution in [0, 0.1) is 5.82 Å². The van der Waals surface area contributed by atoms with Crippen LogP contribution in [0.2, 0.25) is 5.02 Å². The van der Waals surface area contributed by atoms with Crippen molar-refractivity contribution in [2.24, 2.45) is 0 Å². The number of carboxylic acids is 1. The average molecular weight is 337 g/mol. The fourth-order valence-electron chi connectivity index (χ4n) is 1.33. The Hall–Kier alpha value is -1.71. The van der Waals surface area contributed by atoms with Crippen LogP contribution in [0.3, 0.4) is 0 Å². The standard InChI is InChI=1S/C10H6ClFN2O4S2/c11-5-1-2-7(6(12)3-5)14-20(17,18)10-8(9(15)16)13-4-19-10/h1-4,14H,(H,15,16). The number of aromatic carboxylic acids is 1. The number of nitrogens with one attached hydrogen (secondary N) is 1. The first-order chi connectivity index (χ1) is 9.31. The molecule has 0 aliphatic rings. The van der Waals surface area contributed by atoms with Crippen LogP contribution in [-0.2, 0) is 10.0 Å². The first kappa shape index (κ1) is 14.7. The van der Waals surface area contributed by atoms with Gasteiger partial charge in [-0.3, -0.25) is 4.72 Å². The van der Waals surface area contributed by atoms with Gasteiger partial charge in [0, 0.05) is 5.02 Å². The number of rotatable bonds is 4. The van der Waals surface area contributed by atoms with Crippen molar-refractivity contribution in [1.29, 1.82) is 0 Å². The molecule has 6 nitrogen and oxygen atoms in total. The molecule has 0 amide bonds. The summed E-state index contributed by atoms with van der Waals surface area (Å²) in [5, 5.41) is 8.94. The number of benzene rings is 1. The van der Waals surface area contributed by atoms with Crippen molar-refractivity contribution in [3.63, 3.8) is 0 Å². The predicted octanol–water partition coefficient (Wildman–Crippen LogP) is 2.43. The van der Waals surface area contributed by atoms with Gasteiger partial charge in [-0.25, -0.2) is 22.6 Å². The lowest BCUT2D eigenvalue weighted by Gasteiger charge is -2.07. The number of hydrogen-bond donors (Lipinski definition) is 2. The highest BCUT2D eigenvalue weighted by molar-refractivity contribution is 7.94.